The number of hydrogen-bond acceptors (Lipinski definition) is 4. The lowest BCUT2D eigenvalue weighted by Gasteiger charge is -2.42. The van der Waals surface area contributed by atoms with E-state index in [0.717, 1.165) is 26.2 Å². The third-order valence-electron chi connectivity index (χ3n) is 4.05. The average molecular weight is 284 g/mol. The van der Waals surface area contributed by atoms with E-state index in [9.17, 15) is 0 Å². The van der Waals surface area contributed by atoms with E-state index in [1.54, 1.807) is 0 Å². The van der Waals surface area contributed by atoms with Crippen LogP contribution in [0.15, 0.2) is 0 Å². The Morgan fingerprint density at radius 1 is 1.25 bits per heavy atom. The van der Waals surface area contributed by atoms with E-state index >= 15 is 0 Å². The second-order valence-corrected chi connectivity index (χ2v) is 7.40. The van der Waals surface area contributed by atoms with Gasteiger partial charge < -0.3 is 14.8 Å². The van der Waals surface area contributed by atoms with Crippen LogP contribution in [-0.4, -0.2) is 61.0 Å². The van der Waals surface area contributed by atoms with Gasteiger partial charge in [0.15, 0.2) is 0 Å². The minimum Gasteiger partial charge on any atom is -0.372 e. The molecule has 3 unspecified atom stereocenters. The standard InChI is InChI=1S/C16H32N2O2/c1-12(2)17-8-14-6-7-15(19-14)10-18-9-13(3)20-16(4,5)11-18/h12-15,17H,6-11H2,1-5H3. The van der Waals surface area contributed by atoms with Gasteiger partial charge in [0.2, 0.25) is 0 Å². The molecule has 1 N–H and O–H groups in total. The van der Waals surface area contributed by atoms with Crippen LogP contribution < -0.4 is 5.32 Å². The van der Waals surface area contributed by atoms with Crippen LogP contribution in [-0.2, 0) is 9.47 Å². The number of morpholine rings is 1. The molecule has 0 aliphatic carbocycles. The van der Waals surface area contributed by atoms with Crippen molar-refractivity contribution >= 4 is 0 Å². The highest BCUT2D eigenvalue weighted by Crippen LogP contribution is 2.24. The highest BCUT2D eigenvalue weighted by atomic mass is 16.5. The lowest BCUT2D eigenvalue weighted by Crippen LogP contribution is -2.53. The Balaban J connectivity index is 1.74. The molecule has 4 heteroatoms. The Kier molecular flexibility index (Phi) is 5.46. The summed E-state index contributed by atoms with van der Waals surface area (Å²) in [6, 6.07) is 0.540. The zero-order valence-electron chi connectivity index (χ0n) is 13.8. The fraction of sp³-hybridized carbons (Fsp3) is 1.00. The van der Waals surface area contributed by atoms with E-state index in [1.165, 1.54) is 12.8 Å². The third kappa shape index (κ3) is 4.99. The zero-order valence-corrected chi connectivity index (χ0v) is 13.8. The quantitative estimate of drug-likeness (QED) is 0.837. The predicted molar refractivity (Wildman–Crippen MR) is 82.1 cm³/mol. The normalized spacial score (nSPS) is 34.8. The summed E-state index contributed by atoms with van der Waals surface area (Å²) in [6.07, 6.45) is 3.49. The van der Waals surface area contributed by atoms with Gasteiger partial charge in [-0.3, -0.25) is 4.90 Å². The highest BCUT2D eigenvalue weighted by molar-refractivity contribution is 4.86. The molecule has 0 bridgehead atoms. The summed E-state index contributed by atoms with van der Waals surface area (Å²) in [6.45, 7) is 15.0. The molecule has 2 rings (SSSR count). The van der Waals surface area contributed by atoms with Gasteiger partial charge in [-0.2, -0.15) is 0 Å². The van der Waals surface area contributed by atoms with Gasteiger partial charge >= 0.3 is 0 Å². The summed E-state index contributed by atoms with van der Waals surface area (Å²) in [5, 5.41) is 3.47. The third-order valence-corrected chi connectivity index (χ3v) is 4.05. The van der Waals surface area contributed by atoms with Crippen LogP contribution in [0.4, 0.5) is 0 Å². The van der Waals surface area contributed by atoms with Gasteiger partial charge in [0.05, 0.1) is 23.9 Å². The van der Waals surface area contributed by atoms with Crippen molar-refractivity contribution in [1.82, 2.24) is 10.2 Å². The topological polar surface area (TPSA) is 33.7 Å². The molecule has 0 aromatic carbocycles. The number of ether oxygens (including phenoxy) is 2. The number of nitrogens with one attached hydrogen (secondary N) is 1. The highest BCUT2D eigenvalue weighted by Gasteiger charge is 2.34. The molecule has 0 amide bonds. The minimum absolute atomic E-state index is 0.0329. The molecular formula is C16H32N2O2. The van der Waals surface area contributed by atoms with E-state index in [4.69, 9.17) is 9.47 Å². The maximum absolute atomic E-state index is 6.17. The van der Waals surface area contributed by atoms with Crippen LogP contribution in [0.2, 0.25) is 0 Å². The van der Waals surface area contributed by atoms with Crippen molar-refractivity contribution in [3.8, 4) is 0 Å². The van der Waals surface area contributed by atoms with Gasteiger partial charge in [0.25, 0.3) is 0 Å². The summed E-state index contributed by atoms with van der Waals surface area (Å²) in [7, 11) is 0. The zero-order chi connectivity index (χ0) is 14.8. The molecule has 0 radical (unpaired) electrons. The van der Waals surface area contributed by atoms with Crippen molar-refractivity contribution in [2.24, 2.45) is 0 Å². The first-order valence-electron chi connectivity index (χ1n) is 8.13. The van der Waals surface area contributed by atoms with Crippen molar-refractivity contribution in [1.29, 1.82) is 0 Å². The van der Waals surface area contributed by atoms with E-state index in [0.29, 0.717) is 24.4 Å². The first-order valence-corrected chi connectivity index (χ1v) is 8.13. The van der Waals surface area contributed by atoms with E-state index in [1.807, 2.05) is 0 Å². The van der Waals surface area contributed by atoms with Crippen molar-refractivity contribution in [2.75, 3.05) is 26.2 Å². The second kappa shape index (κ2) is 6.73. The smallest absolute Gasteiger partial charge is 0.0757 e. The van der Waals surface area contributed by atoms with Crippen LogP contribution in [0.25, 0.3) is 0 Å². The Morgan fingerprint density at radius 3 is 2.60 bits per heavy atom. The first-order chi connectivity index (χ1) is 9.34. The molecule has 0 spiro atoms. The van der Waals surface area contributed by atoms with Crippen molar-refractivity contribution in [3.05, 3.63) is 0 Å². The maximum atomic E-state index is 6.17. The van der Waals surface area contributed by atoms with Gasteiger partial charge in [-0.15, -0.1) is 0 Å². The maximum Gasteiger partial charge on any atom is 0.0757 e. The monoisotopic (exact) mass is 284 g/mol. The fourth-order valence-corrected chi connectivity index (χ4v) is 3.44. The summed E-state index contributed by atoms with van der Waals surface area (Å²) in [5.41, 5.74) is -0.0329. The number of hydrogen-bond donors (Lipinski definition) is 1. The van der Waals surface area contributed by atoms with Crippen molar-refractivity contribution < 1.29 is 9.47 Å². The van der Waals surface area contributed by atoms with E-state index in [2.05, 4.69) is 44.8 Å². The average Bonchev–Trinajstić information content (AvgIpc) is 2.71. The molecule has 2 aliphatic rings. The Labute approximate surface area is 124 Å². The lowest BCUT2D eigenvalue weighted by molar-refractivity contribution is -0.135. The molecular weight excluding hydrogens is 252 g/mol. The largest absolute Gasteiger partial charge is 0.372 e. The summed E-state index contributed by atoms with van der Waals surface area (Å²) < 4.78 is 12.1. The fourth-order valence-electron chi connectivity index (χ4n) is 3.44. The summed E-state index contributed by atoms with van der Waals surface area (Å²) in [5.74, 6) is 0. The SMILES string of the molecule is CC(C)NCC1CCC(CN2CC(C)OC(C)(C)C2)O1. The van der Waals surface area contributed by atoms with Crippen molar-refractivity contribution in [3.63, 3.8) is 0 Å². The number of rotatable bonds is 5. The number of nitrogens with zero attached hydrogens (tertiary/aromatic N) is 1. The first kappa shape index (κ1) is 16.2. The van der Waals surface area contributed by atoms with Crippen LogP contribution in [0, 0.1) is 0 Å². The molecule has 118 valence electrons. The molecule has 4 nitrogen and oxygen atoms in total. The van der Waals surface area contributed by atoms with E-state index in [-0.39, 0.29) is 5.60 Å². The molecule has 2 aliphatic heterocycles. The molecule has 3 atom stereocenters. The molecule has 0 saturated carbocycles. The van der Waals surface area contributed by atoms with E-state index < -0.39 is 0 Å². The molecule has 0 aromatic rings. The summed E-state index contributed by atoms with van der Waals surface area (Å²) >= 11 is 0. The van der Waals surface area contributed by atoms with Gasteiger partial charge in [0, 0.05) is 32.2 Å². The summed E-state index contributed by atoms with van der Waals surface area (Å²) in [4.78, 5) is 2.51. The van der Waals surface area contributed by atoms with Gasteiger partial charge in [-0.05, 0) is 33.6 Å². The molecule has 2 heterocycles. The second-order valence-electron chi connectivity index (χ2n) is 7.40. The Hall–Kier alpha value is -0.160. The Morgan fingerprint density at radius 2 is 1.95 bits per heavy atom. The Bertz CT molecular complexity index is 307. The predicted octanol–water partition coefficient (Wildman–Crippen LogP) is 2.03. The molecule has 2 fully saturated rings. The van der Waals surface area contributed by atoms with Crippen molar-refractivity contribution in [2.45, 2.75) is 77.4 Å². The minimum atomic E-state index is -0.0329. The van der Waals surface area contributed by atoms with Crippen LogP contribution >= 0.6 is 0 Å². The molecule has 20 heavy (non-hydrogen) atoms. The molecule has 2 saturated heterocycles. The van der Waals surface area contributed by atoms with Gasteiger partial charge in [0.1, 0.15) is 0 Å². The van der Waals surface area contributed by atoms with Crippen LogP contribution in [0.3, 0.4) is 0 Å². The van der Waals surface area contributed by atoms with Gasteiger partial charge in [-0.25, -0.2) is 0 Å². The van der Waals surface area contributed by atoms with Crippen LogP contribution in [0.5, 0.6) is 0 Å². The molecule has 0 aromatic heterocycles. The lowest BCUT2D eigenvalue weighted by atomic mass is 10.0. The van der Waals surface area contributed by atoms with Gasteiger partial charge in [-0.1, -0.05) is 13.8 Å². The van der Waals surface area contributed by atoms with Crippen LogP contribution in [0.1, 0.15) is 47.5 Å².